The zero-order chi connectivity index (χ0) is 13.3. The molecule has 0 aliphatic carbocycles. The monoisotopic (exact) mass is 258 g/mol. The maximum Gasteiger partial charge on any atom is 0.390 e. The van der Waals surface area contributed by atoms with Crippen LogP contribution in [0.3, 0.4) is 0 Å². The van der Waals surface area contributed by atoms with Crippen LogP contribution in [0, 0.1) is 0 Å². The van der Waals surface area contributed by atoms with Crippen LogP contribution in [-0.4, -0.2) is 50.2 Å². The molecule has 1 atom stereocenters. The van der Waals surface area contributed by atoms with Crippen LogP contribution < -0.4 is 10.6 Å². The highest BCUT2D eigenvalue weighted by atomic mass is 19.4. The summed E-state index contributed by atoms with van der Waals surface area (Å²) < 4.78 is 39.9. The zero-order valence-electron chi connectivity index (χ0n) is 9.51. The summed E-state index contributed by atoms with van der Waals surface area (Å²) in [4.78, 5) is 11.0. The number of hydrogen-bond donors (Lipinski definition) is 3. The number of carbonyl (C=O) groups excluding carboxylic acids is 1. The lowest BCUT2D eigenvalue weighted by Crippen LogP contribution is -2.38. The van der Waals surface area contributed by atoms with E-state index in [0.717, 1.165) is 0 Å². The van der Waals surface area contributed by atoms with Gasteiger partial charge in [-0.2, -0.15) is 13.2 Å². The normalized spacial score (nSPS) is 13.2. The molecule has 0 heterocycles. The molecule has 0 aromatic heterocycles. The van der Waals surface area contributed by atoms with Crippen LogP contribution in [0.5, 0.6) is 0 Å². The van der Waals surface area contributed by atoms with E-state index in [1.807, 2.05) is 0 Å². The number of urea groups is 1. The van der Waals surface area contributed by atoms with Crippen LogP contribution >= 0.6 is 0 Å². The van der Waals surface area contributed by atoms with Crippen LogP contribution in [0.25, 0.3) is 0 Å². The Morgan fingerprint density at radius 2 is 1.94 bits per heavy atom. The Hall–Kier alpha value is -1.02. The number of methoxy groups -OCH3 is 1. The van der Waals surface area contributed by atoms with Gasteiger partial charge in [-0.05, 0) is 6.42 Å². The number of carbonyl (C=O) groups is 1. The van der Waals surface area contributed by atoms with Crippen molar-refractivity contribution < 1.29 is 27.8 Å². The van der Waals surface area contributed by atoms with Crippen molar-refractivity contribution in [3.05, 3.63) is 0 Å². The smallest absolute Gasteiger partial charge is 0.390 e. The van der Waals surface area contributed by atoms with E-state index < -0.39 is 31.3 Å². The van der Waals surface area contributed by atoms with Gasteiger partial charge in [-0.25, -0.2) is 4.79 Å². The third kappa shape index (κ3) is 11.2. The highest BCUT2D eigenvalue weighted by Crippen LogP contribution is 2.17. The summed E-state index contributed by atoms with van der Waals surface area (Å²) in [5, 5.41) is 13.6. The topological polar surface area (TPSA) is 70.6 Å². The lowest BCUT2D eigenvalue weighted by molar-refractivity contribution is -0.132. The van der Waals surface area contributed by atoms with Crippen molar-refractivity contribution >= 4 is 6.03 Å². The van der Waals surface area contributed by atoms with Crippen molar-refractivity contribution in [3.63, 3.8) is 0 Å². The quantitative estimate of drug-likeness (QED) is 0.627. The van der Waals surface area contributed by atoms with Crippen molar-refractivity contribution in [1.82, 2.24) is 10.6 Å². The van der Waals surface area contributed by atoms with Crippen molar-refractivity contribution in [2.75, 3.05) is 26.8 Å². The van der Waals surface area contributed by atoms with Crippen LogP contribution in [0.4, 0.5) is 18.0 Å². The number of hydrogen-bond acceptors (Lipinski definition) is 3. The maximum absolute atomic E-state index is 11.7. The highest BCUT2D eigenvalue weighted by Gasteiger charge is 2.26. The van der Waals surface area contributed by atoms with Crippen molar-refractivity contribution in [2.24, 2.45) is 0 Å². The summed E-state index contributed by atoms with van der Waals surface area (Å²) in [5.74, 6) is 0. The molecule has 17 heavy (non-hydrogen) atoms. The van der Waals surface area contributed by atoms with Gasteiger partial charge in [-0.15, -0.1) is 0 Å². The Morgan fingerprint density at radius 3 is 2.47 bits per heavy atom. The van der Waals surface area contributed by atoms with E-state index >= 15 is 0 Å². The average molecular weight is 258 g/mol. The van der Waals surface area contributed by atoms with Crippen LogP contribution in [0.15, 0.2) is 0 Å². The number of aliphatic hydroxyl groups excluding tert-OH is 1. The minimum atomic E-state index is -4.28. The van der Waals surface area contributed by atoms with Crippen LogP contribution in [0.1, 0.15) is 12.8 Å². The molecule has 0 saturated heterocycles. The Morgan fingerprint density at radius 1 is 1.35 bits per heavy atom. The molecule has 5 nitrogen and oxygen atoms in total. The van der Waals surface area contributed by atoms with Crippen molar-refractivity contribution in [2.45, 2.75) is 25.1 Å². The third-order valence-corrected chi connectivity index (χ3v) is 1.82. The summed E-state index contributed by atoms with van der Waals surface area (Å²) in [7, 11) is 1.43. The third-order valence-electron chi connectivity index (χ3n) is 1.82. The molecule has 0 aliphatic heterocycles. The summed E-state index contributed by atoms with van der Waals surface area (Å²) in [6.07, 6.45) is -5.76. The first-order valence-electron chi connectivity index (χ1n) is 5.10. The van der Waals surface area contributed by atoms with E-state index in [9.17, 15) is 23.1 Å². The van der Waals surface area contributed by atoms with Gasteiger partial charge in [0.2, 0.25) is 0 Å². The summed E-state index contributed by atoms with van der Waals surface area (Å²) in [6, 6.07) is -0.682. The Bertz CT molecular complexity index is 224. The van der Waals surface area contributed by atoms with Crippen molar-refractivity contribution in [1.29, 1.82) is 0 Å². The van der Waals surface area contributed by atoms with Crippen molar-refractivity contribution in [3.8, 4) is 0 Å². The molecule has 0 fully saturated rings. The fraction of sp³-hybridized carbons (Fsp3) is 0.889. The Balaban J connectivity index is 3.47. The number of alkyl halides is 3. The molecule has 0 saturated carbocycles. The number of amides is 2. The van der Waals surface area contributed by atoms with Gasteiger partial charge in [-0.3, -0.25) is 0 Å². The predicted octanol–water partition coefficient (Wildman–Crippen LogP) is 0.635. The molecule has 0 rings (SSSR count). The number of nitrogens with one attached hydrogen (secondary N) is 2. The SMILES string of the molecule is COCC(O)CCNC(=O)NCCC(F)(F)F. The average Bonchev–Trinajstić information content (AvgIpc) is 2.16. The van der Waals surface area contributed by atoms with Gasteiger partial charge in [0.1, 0.15) is 0 Å². The molecule has 102 valence electrons. The molecule has 0 spiro atoms. The lowest BCUT2D eigenvalue weighted by Gasteiger charge is -2.11. The van der Waals surface area contributed by atoms with Gasteiger partial charge in [-0.1, -0.05) is 0 Å². The fourth-order valence-corrected chi connectivity index (χ4v) is 1.01. The summed E-state index contributed by atoms with van der Waals surface area (Å²) in [5.41, 5.74) is 0. The first kappa shape index (κ1) is 16.0. The summed E-state index contributed by atoms with van der Waals surface area (Å²) >= 11 is 0. The minimum Gasteiger partial charge on any atom is -0.391 e. The molecule has 3 N–H and O–H groups in total. The summed E-state index contributed by atoms with van der Waals surface area (Å²) in [6.45, 7) is -0.143. The number of halogens is 3. The lowest BCUT2D eigenvalue weighted by atomic mass is 10.3. The number of ether oxygens (including phenoxy) is 1. The molecule has 0 aromatic carbocycles. The minimum absolute atomic E-state index is 0.150. The Labute approximate surface area is 97.3 Å². The second kappa shape index (κ2) is 8.13. The molecule has 0 radical (unpaired) electrons. The number of rotatable bonds is 7. The van der Waals surface area contributed by atoms with E-state index in [0.29, 0.717) is 0 Å². The first-order chi connectivity index (χ1) is 7.85. The first-order valence-corrected chi connectivity index (χ1v) is 5.10. The van der Waals surface area contributed by atoms with Crippen LogP contribution in [-0.2, 0) is 4.74 Å². The van der Waals surface area contributed by atoms with E-state index in [1.165, 1.54) is 7.11 Å². The second-order valence-electron chi connectivity index (χ2n) is 3.45. The molecular formula is C9H17F3N2O3. The van der Waals surface area contributed by atoms with Gasteiger partial charge in [0.25, 0.3) is 0 Å². The largest absolute Gasteiger partial charge is 0.391 e. The predicted molar refractivity (Wildman–Crippen MR) is 54.6 cm³/mol. The van der Waals surface area contributed by atoms with E-state index in [1.54, 1.807) is 0 Å². The molecule has 0 bridgehead atoms. The molecule has 1 unspecified atom stereocenters. The van der Waals surface area contributed by atoms with E-state index in [2.05, 4.69) is 15.4 Å². The van der Waals surface area contributed by atoms with Gasteiger partial charge < -0.3 is 20.5 Å². The van der Waals surface area contributed by atoms with Gasteiger partial charge in [0.05, 0.1) is 19.1 Å². The van der Waals surface area contributed by atoms with Gasteiger partial charge >= 0.3 is 12.2 Å². The Kier molecular flexibility index (Phi) is 7.64. The maximum atomic E-state index is 11.7. The molecule has 2 amide bonds. The molecule has 8 heteroatoms. The standard InChI is InChI=1S/C9H17F3N2O3/c1-17-6-7(15)2-4-13-8(16)14-5-3-9(10,11)12/h7,15H,2-6H2,1H3,(H2,13,14,16). The van der Waals surface area contributed by atoms with E-state index in [-0.39, 0.29) is 19.6 Å². The van der Waals surface area contributed by atoms with E-state index in [4.69, 9.17) is 0 Å². The molecular weight excluding hydrogens is 241 g/mol. The fourth-order valence-electron chi connectivity index (χ4n) is 1.01. The molecule has 0 aromatic rings. The second-order valence-corrected chi connectivity index (χ2v) is 3.45. The van der Waals surface area contributed by atoms with Gasteiger partial charge in [0, 0.05) is 20.2 Å². The van der Waals surface area contributed by atoms with Gasteiger partial charge in [0.15, 0.2) is 0 Å². The molecule has 0 aliphatic rings. The number of aliphatic hydroxyl groups is 1. The van der Waals surface area contributed by atoms with Crippen LogP contribution in [0.2, 0.25) is 0 Å². The zero-order valence-corrected chi connectivity index (χ0v) is 9.51. The highest BCUT2D eigenvalue weighted by molar-refractivity contribution is 5.73.